The van der Waals surface area contributed by atoms with Gasteiger partial charge in [-0.2, -0.15) is 4.98 Å². The smallest absolute Gasteiger partial charge is 0.314 e. The predicted octanol–water partition coefficient (Wildman–Crippen LogP) is 2.81. The van der Waals surface area contributed by atoms with E-state index in [2.05, 4.69) is 9.97 Å². The van der Waals surface area contributed by atoms with Crippen LogP contribution in [0.2, 0.25) is 0 Å². The molecule has 3 aromatic rings. The Labute approximate surface area is 121 Å². The Kier molecular flexibility index (Phi) is 3.17. The molecule has 2 aromatic heterocycles. The maximum Gasteiger partial charge on any atom is 0.314 e. The SMILES string of the molecule is CC(Cc1nc2ncccc2o1)(C(=O)O)c1ccccc1. The number of carboxylic acids is 1. The van der Waals surface area contributed by atoms with Gasteiger partial charge in [-0.25, -0.2) is 4.98 Å². The summed E-state index contributed by atoms with van der Waals surface area (Å²) in [4.78, 5) is 20.1. The summed E-state index contributed by atoms with van der Waals surface area (Å²) in [5.74, 6) is -0.540. The van der Waals surface area contributed by atoms with E-state index in [-0.39, 0.29) is 6.42 Å². The first-order valence-corrected chi connectivity index (χ1v) is 6.59. The van der Waals surface area contributed by atoms with Crippen molar-refractivity contribution in [1.82, 2.24) is 9.97 Å². The molecule has 0 saturated carbocycles. The summed E-state index contributed by atoms with van der Waals surface area (Å²) in [6, 6.07) is 12.6. The molecule has 0 aliphatic heterocycles. The molecule has 1 atom stereocenters. The van der Waals surface area contributed by atoms with Gasteiger partial charge in [0.05, 0.1) is 5.41 Å². The number of carboxylic acid groups (broad SMARTS) is 1. The van der Waals surface area contributed by atoms with E-state index in [0.29, 0.717) is 22.7 Å². The van der Waals surface area contributed by atoms with Gasteiger partial charge in [-0.05, 0) is 24.6 Å². The lowest BCUT2D eigenvalue weighted by molar-refractivity contribution is -0.143. The van der Waals surface area contributed by atoms with Crippen LogP contribution in [-0.2, 0) is 16.6 Å². The third-order valence-electron chi connectivity index (χ3n) is 3.60. The maximum atomic E-state index is 11.8. The molecular weight excluding hydrogens is 268 g/mol. The number of benzene rings is 1. The summed E-state index contributed by atoms with van der Waals surface area (Å²) < 4.78 is 5.60. The van der Waals surface area contributed by atoms with E-state index in [1.54, 1.807) is 37.4 Å². The summed E-state index contributed by atoms with van der Waals surface area (Å²) in [7, 11) is 0. The minimum Gasteiger partial charge on any atom is -0.481 e. The Balaban J connectivity index is 2.01. The fourth-order valence-corrected chi connectivity index (χ4v) is 2.30. The maximum absolute atomic E-state index is 11.8. The van der Waals surface area contributed by atoms with E-state index >= 15 is 0 Å². The fraction of sp³-hybridized carbons (Fsp3) is 0.188. The van der Waals surface area contributed by atoms with Crippen molar-refractivity contribution in [3.05, 3.63) is 60.1 Å². The second kappa shape index (κ2) is 5.01. The number of aromatic nitrogens is 2. The number of pyridine rings is 1. The number of fused-ring (bicyclic) bond motifs is 1. The van der Waals surface area contributed by atoms with Gasteiger partial charge in [0.2, 0.25) is 0 Å². The molecule has 1 aromatic carbocycles. The van der Waals surface area contributed by atoms with Gasteiger partial charge in [-0.15, -0.1) is 0 Å². The second-order valence-electron chi connectivity index (χ2n) is 5.11. The Hall–Kier alpha value is -2.69. The average Bonchev–Trinajstić information content (AvgIpc) is 2.89. The molecule has 0 aliphatic rings. The Morgan fingerprint density at radius 3 is 2.67 bits per heavy atom. The lowest BCUT2D eigenvalue weighted by Gasteiger charge is -2.23. The number of rotatable bonds is 4. The summed E-state index contributed by atoms with van der Waals surface area (Å²) >= 11 is 0. The summed E-state index contributed by atoms with van der Waals surface area (Å²) in [5.41, 5.74) is 0.677. The molecule has 0 radical (unpaired) electrons. The molecule has 0 amide bonds. The first-order valence-electron chi connectivity index (χ1n) is 6.59. The fourth-order valence-electron chi connectivity index (χ4n) is 2.30. The van der Waals surface area contributed by atoms with E-state index in [1.165, 1.54) is 0 Å². The molecular formula is C16H14N2O3. The van der Waals surface area contributed by atoms with Gasteiger partial charge in [0.25, 0.3) is 0 Å². The third-order valence-corrected chi connectivity index (χ3v) is 3.60. The van der Waals surface area contributed by atoms with Crippen molar-refractivity contribution in [3.63, 3.8) is 0 Å². The van der Waals surface area contributed by atoms with Crippen LogP contribution in [0.25, 0.3) is 11.2 Å². The average molecular weight is 282 g/mol. The quantitative estimate of drug-likeness (QED) is 0.796. The molecule has 3 rings (SSSR count). The molecule has 2 heterocycles. The van der Waals surface area contributed by atoms with Gasteiger partial charge in [0.1, 0.15) is 0 Å². The molecule has 5 heteroatoms. The van der Waals surface area contributed by atoms with Crippen LogP contribution in [-0.4, -0.2) is 21.0 Å². The van der Waals surface area contributed by atoms with Crippen molar-refractivity contribution < 1.29 is 14.3 Å². The van der Waals surface area contributed by atoms with Crippen molar-refractivity contribution in [1.29, 1.82) is 0 Å². The second-order valence-corrected chi connectivity index (χ2v) is 5.11. The van der Waals surface area contributed by atoms with Gasteiger partial charge in [-0.1, -0.05) is 30.3 Å². The van der Waals surface area contributed by atoms with E-state index in [1.807, 2.05) is 18.2 Å². The van der Waals surface area contributed by atoms with Gasteiger partial charge in [-0.3, -0.25) is 4.79 Å². The van der Waals surface area contributed by atoms with Crippen molar-refractivity contribution in [3.8, 4) is 0 Å². The predicted molar refractivity (Wildman–Crippen MR) is 76.9 cm³/mol. The third kappa shape index (κ3) is 2.38. The zero-order valence-electron chi connectivity index (χ0n) is 11.5. The van der Waals surface area contributed by atoms with Gasteiger partial charge in [0.15, 0.2) is 17.1 Å². The largest absolute Gasteiger partial charge is 0.481 e. The zero-order chi connectivity index (χ0) is 14.9. The summed E-state index contributed by atoms with van der Waals surface area (Å²) in [6.45, 7) is 1.67. The Bertz CT molecular complexity index is 749. The summed E-state index contributed by atoms with van der Waals surface area (Å²) in [5, 5.41) is 9.64. The molecule has 0 saturated heterocycles. The van der Waals surface area contributed by atoms with Crippen molar-refractivity contribution in [2.24, 2.45) is 0 Å². The molecule has 1 N–H and O–H groups in total. The molecule has 106 valence electrons. The number of nitrogens with zero attached hydrogens (tertiary/aromatic N) is 2. The lowest BCUT2D eigenvalue weighted by atomic mass is 9.79. The van der Waals surface area contributed by atoms with E-state index in [0.717, 1.165) is 0 Å². The molecule has 0 aliphatic carbocycles. The van der Waals surface area contributed by atoms with Gasteiger partial charge in [0, 0.05) is 12.6 Å². The van der Waals surface area contributed by atoms with Crippen LogP contribution in [0.5, 0.6) is 0 Å². The van der Waals surface area contributed by atoms with Crippen LogP contribution >= 0.6 is 0 Å². The molecule has 0 fully saturated rings. The topological polar surface area (TPSA) is 76.2 Å². The number of oxazole rings is 1. The highest BCUT2D eigenvalue weighted by Crippen LogP contribution is 2.29. The monoisotopic (exact) mass is 282 g/mol. The van der Waals surface area contributed by atoms with Crippen LogP contribution in [0.4, 0.5) is 0 Å². The standard InChI is InChI=1S/C16H14N2O3/c1-16(15(19)20,11-6-3-2-4-7-11)10-13-18-14-12(21-13)8-5-9-17-14/h2-9H,10H2,1H3,(H,19,20). The highest BCUT2D eigenvalue weighted by molar-refractivity contribution is 5.81. The molecule has 5 nitrogen and oxygen atoms in total. The number of hydrogen-bond donors (Lipinski definition) is 1. The minimum atomic E-state index is -1.10. The Morgan fingerprint density at radius 1 is 1.24 bits per heavy atom. The van der Waals surface area contributed by atoms with Crippen molar-refractivity contribution in [2.45, 2.75) is 18.8 Å². The van der Waals surface area contributed by atoms with Crippen LogP contribution < -0.4 is 0 Å². The van der Waals surface area contributed by atoms with Gasteiger partial charge < -0.3 is 9.52 Å². The van der Waals surface area contributed by atoms with E-state index < -0.39 is 11.4 Å². The highest BCUT2D eigenvalue weighted by atomic mass is 16.4. The molecule has 0 bridgehead atoms. The first-order chi connectivity index (χ1) is 10.1. The van der Waals surface area contributed by atoms with Crippen LogP contribution in [0.15, 0.2) is 53.1 Å². The molecule has 21 heavy (non-hydrogen) atoms. The van der Waals surface area contributed by atoms with E-state index in [4.69, 9.17) is 4.42 Å². The molecule has 0 spiro atoms. The Morgan fingerprint density at radius 2 is 2.00 bits per heavy atom. The zero-order valence-corrected chi connectivity index (χ0v) is 11.5. The number of hydrogen-bond acceptors (Lipinski definition) is 4. The number of carbonyl (C=O) groups is 1. The van der Waals surface area contributed by atoms with Crippen LogP contribution in [0.3, 0.4) is 0 Å². The summed E-state index contributed by atoms with van der Waals surface area (Å²) in [6.07, 6.45) is 1.80. The lowest BCUT2D eigenvalue weighted by Crippen LogP contribution is -2.34. The van der Waals surface area contributed by atoms with Gasteiger partial charge >= 0.3 is 5.97 Å². The highest BCUT2D eigenvalue weighted by Gasteiger charge is 2.37. The van der Waals surface area contributed by atoms with Crippen molar-refractivity contribution >= 4 is 17.2 Å². The van der Waals surface area contributed by atoms with Crippen molar-refractivity contribution in [2.75, 3.05) is 0 Å². The normalized spacial score (nSPS) is 14.0. The molecule has 1 unspecified atom stereocenters. The van der Waals surface area contributed by atoms with Crippen LogP contribution in [0.1, 0.15) is 18.4 Å². The minimum absolute atomic E-state index is 0.169. The first kappa shape index (κ1) is 13.3. The number of aliphatic carboxylic acids is 1. The van der Waals surface area contributed by atoms with E-state index in [9.17, 15) is 9.90 Å². The van der Waals surface area contributed by atoms with Crippen LogP contribution in [0, 0.1) is 0 Å².